The van der Waals surface area contributed by atoms with Gasteiger partial charge in [0.25, 0.3) is 0 Å². The van der Waals surface area contributed by atoms with Crippen LogP contribution in [0.2, 0.25) is 0 Å². The predicted octanol–water partition coefficient (Wildman–Crippen LogP) is 3.16. The maximum atomic E-state index is 12.5. The number of nitrogens with two attached hydrogens (primary N) is 1. The average Bonchev–Trinajstić information content (AvgIpc) is 2.68. The highest BCUT2D eigenvalue weighted by Gasteiger charge is 2.35. The van der Waals surface area contributed by atoms with Gasteiger partial charge in [-0.15, -0.1) is 0 Å². The zero-order valence-corrected chi connectivity index (χ0v) is 15.0. The van der Waals surface area contributed by atoms with E-state index in [4.69, 9.17) is 15.2 Å². The number of nitrogens with one attached hydrogen (secondary N) is 1. The molecule has 0 unspecified atom stereocenters. The number of hydrogen-bond donors (Lipinski definition) is 2. The summed E-state index contributed by atoms with van der Waals surface area (Å²) in [5, 5.41) is 2.95. The Labute approximate surface area is 153 Å². The fourth-order valence-electron chi connectivity index (χ4n) is 3.19. The third kappa shape index (κ3) is 4.32. The van der Waals surface area contributed by atoms with Gasteiger partial charge in [-0.2, -0.15) is 0 Å². The Hall–Kier alpha value is -2.60. The Kier molecular flexibility index (Phi) is 5.73. The van der Waals surface area contributed by atoms with E-state index in [0.717, 1.165) is 37.7 Å². The summed E-state index contributed by atoms with van der Waals surface area (Å²) in [4.78, 5) is 16.8. The number of hydrogen-bond acceptors (Lipinski definition) is 5. The Bertz CT molecular complexity index is 757. The summed E-state index contributed by atoms with van der Waals surface area (Å²) < 4.78 is 11.1. The van der Waals surface area contributed by atoms with Crippen molar-refractivity contribution in [3.8, 4) is 17.4 Å². The van der Waals surface area contributed by atoms with Gasteiger partial charge in [-0.3, -0.25) is 4.79 Å². The third-order valence-corrected chi connectivity index (χ3v) is 4.74. The molecule has 1 fully saturated rings. The molecule has 1 aliphatic rings. The van der Waals surface area contributed by atoms with Gasteiger partial charge >= 0.3 is 0 Å². The smallest absolute Gasteiger partial charge is 0.240 e. The fraction of sp³-hybridized carbons (Fsp3) is 0.400. The van der Waals surface area contributed by atoms with Crippen LogP contribution in [0.25, 0.3) is 0 Å². The average molecular weight is 355 g/mol. The molecule has 0 atom stereocenters. The second-order valence-corrected chi connectivity index (χ2v) is 6.65. The van der Waals surface area contributed by atoms with Crippen molar-refractivity contribution in [2.75, 3.05) is 7.11 Å². The van der Waals surface area contributed by atoms with Crippen molar-refractivity contribution < 1.29 is 14.3 Å². The van der Waals surface area contributed by atoms with Crippen LogP contribution in [-0.4, -0.2) is 23.5 Å². The summed E-state index contributed by atoms with van der Waals surface area (Å²) in [6, 6.07) is 11.0. The summed E-state index contributed by atoms with van der Waals surface area (Å²) >= 11 is 0. The van der Waals surface area contributed by atoms with Crippen molar-refractivity contribution in [1.82, 2.24) is 10.3 Å². The van der Waals surface area contributed by atoms with E-state index in [1.165, 1.54) is 0 Å². The van der Waals surface area contributed by atoms with E-state index in [0.29, 0.717) is 23.9 Å². The normalized spacial score (nSPS) is 15.9. The van der Waals surface area contributed by atoms with Gasteiger partial charge < -0.3 is 20.5 Å². The summed E-state index contributed by atoms with van der Waals surface area (Å²) in [6.07, 6.45) is 6.28. The molecule has 138 valence electrons. The minimum absolute atomic E-state index is 0.103. The van der Waals surface area contributed by atoms with Crippen LogP contribution in [-0.2, 0) is 11.3 Å². The van der Waals surface area contributed by atoms with Crippen LogP contribution in [0.3, 0.4) is 0 Å². The molecular formula is C20H25N3O3. The van der Waals surface area contributed by atoms with Crippen molar-refractivity contribution in [2.24, 2.45) is 5.73 Å². The second-order valence-electron chi connectivity index (χ2n) is 6.65. The van der Waals surface area contributed by atoms with Crippen LogP contribution in [0, 0.1) is 0 Å². The van der Waals surface area contributed by atoms with Crippen LogP contribution in [0.4, 0.5) is 0 Å². The number of nitrogens with zero attached hydrogens (tertiary/aromatic N) is 1. The lowest BCUT2D eigenvalue weighted by molar-refractivity contribution is -0.127. The Morgan fingerprint density at radius 1 is 1.19 bits per heavy atom. The molecule has 6 nitrogen and oxygen atoms in total. The largest absolute Gasteiger partial charge is 0.497 e. The zero-order chi connectivity index (χ0) is 18.4. The van der Waals surface area contributed by atoms with Crippen molar-refractivity contribution in [3.05, 3.63) is 48.2 Å². The number of ether oxygens (including phenoxy) is 2. The number of aromatic nitrogens is 1. The molecule has 6 heteroatoms. The first-order valence-electron chi connectivity index (χ1n) is 8.94. The van der Waals surface area contributed by atoms with Gasteiger partial charge in [0, 0.05) is 24.4 Å². The van der Waals surface area contributed by atoms with Crippen molar-refractivity contribution >= 4 is 5.91 Å². The first kappa shape index (κ1) is 18.2. The molecule has 1 aliphatic carbocycles. The lowest BCUT2D eigenvalue weighted by Crippen LogP contribution is -2.54. The van der Waals surface area contributed by atoms with Gasteiger partial charge in [0.1, 0.15) is 11.5 Å². The second kappa shape index (κ2) is 8.19. The third-order valence-electron chi connectivity index (χ3n) is 4.74. The molecule has 0 spiro atoms. The SMILES string of the molecule is COc1cccc(Oc2ncccc2CNC(=O)C2(N)CCCCC2)c1. The lowest BCUT2D eigenvalue weighted by atomic mass is 9.82. The summed E-state index contributed by atoms with van der Waals surface area (Å²) in [5.41, 5.74) is 6.33. The maximum absolute atomic E-state index is 12.5. The molecule has 0 radical (unpaired) electrons. The molecule has 0 saturated heterocycles. The molecule has 0 aliphatic heterocycles. The molecule has 0 bridgehead atoms. The van der Waals surface area contributed by atoms with Crippen LogP contribution >= 0.6 is 0 Å². The van der Waals surface area contributed by atoms with Gasteiger partial charge in [0.05, 0.1) is 12.6 Å². The highest BCUT2D eigenvalue weighted by Crippen LogP contribution is 2.28. The first-order chi connectivity index (χ1) is 12.6. The van der Waals surface area contributed by atoms with E-state index in [2.05, 4.69) is 10.3 Å². The molecule has 3 rings (SSSR count). The molecule has 1 aromatic carbocycles. The molecule has 3 N–H and O–H groups in total. The highest BCUT2D eigenvalue weighted by molar-refractivity contribution is 5.86. The topological polar surface area (TPSA) is 86.5 Å². The number of methoxy groups -OCH3 is 1. The minimum atomic E-state index is -0.756. The molecule has 1 amide bonds. The van der Waals surface area contributed by atoms with Crippen LogP contribution < -0.4 is 20.5 Å². The van der Waals surface area contributed by atoms with Gasteiger partial charge in [0.15, 0.2) is 0 Å². The van der Waals surface area contributed by atoms with E-state index in [1.54, 1.807) is 19.4 Å². The summed E-state index contributed by atoms with van der Waals surface area (Å²) in [7, 11) is 1.61. The molecule has 1 aromatic heterocycles. The van der Waals surface area contributed by atoms with Gasteiger partial charge in [-0.1, -0.05) is 31.4 Å². The standard InChI is InChI=1S/C20H25N3O3/c1-25-16-8-5-9-17(13-16)26-18-15(7-6-12-22-18)14-23-19(24)20(21)10-3-2-4-11-20/h5-9,12-13H,2-4,10-11,14,21H2,1H3,(H,23,24). The number of carbonyl (C=O) groups excluding carboxylic acids is 1. The van der Waals surface area contributed by atoms with E-state index in [1.807, 2.05) is 30.3 Å². The number of pyridine rings is 1. The molecule has 2 aromatic rings. The number of benzene rings is 1. The van der Waals surface area contributed by atoms with Crippen LogP contribution in [0.1, 0.15) is 37.7 Å². The molecule has 1 heterocycles. The fourth-order valence-corrected chi connectivity index (χ4v) is 3.19. The van der Waals surface area contributed by atoms with Crippen molar-refractivity contribution in [1.29, 1.82) is 0 Å². The van der Waals surface area contributed by atoms with E-state index in [9.17, 15) is 4.79 Å². The maximum Gasteiger partial charge on any atom is 0.240 e. The summed E-state index contributed by atoms with van der Waals surface area (Å²) in [5.74, 6) is 1.68. The highest BCUT2D eigenvalue weighted by atomic mass is 16.5. The quantitative estimate of drug-likeness (QED) is 0.831. The number of amides is 1. The van der Waals surface area contributed by atoms with Crippen molar-refractivity contribution in [3.63, 3.8) is 0 Å². The first-order valence-corrected chi connectivity index (χ1v) is 8.94. The monoisotopic (exact) mass is 355 g/mol. The van der Waals surface area contributed by atoms with Gasteiger partial charge in [-0.05, 0) is 31.0 Å². The van der Waals surface area contributed by atoms with Crippen LogP contribution in [0.5, 0.6) is 17.4 Å². The number of carbonyl (C=O) groups is 1. The van der Waals surface area contributed by atoms with E-state index < -0.39 is 5.54 Å². The van der Waals surface area contributed by atoms with E-state index >= 15 is 0 Å². The minimum Gasteiger partial charge on any atom is -0.497 e. The molecular weight excluding hydrogens is 330 g/mol. The van der Waals surface area contributed by atoms with Gasteiger partial charge in [-0.25, -0.2) is 4.98 Å². The van der Waals surface area contributed by atoms with E-state index in [-0.39, 0.29) is 5.91 Å². The van der Waals surface area contributed by atoms with Crippen molar-refractivity contribution in [2.45, 2.75) is 44.2 Å². The Morgan fingerprint density at radius 3 is 2.73 bits per heavy atom. The van der Waals surface area contributed by atoms with Gasteiger partial charge in [0.2, 0.25) is 11.8 Å². The van der Waals surface area contributed by atoms with Crippen LogP contribution in [0.15, 0.2) is 42.6 Å². The predicted molar refractivity (Wildman–Crippen MR) is 99.2 cm³/mol. The molecule has 1 saturated carbocycles. The summed E-state index contributed by atoms with van der Waals surface area (Å²) in [6.45, 7) is 0.324. The Balaban J connectivity index is 1.68. The zero-order valence-electron chi connectivity index (χ0n) is 15.0. The molecule has 26 heavy (non-hydrogen) atoms. The Morgan fingerprint density at radius 2 is 1.96 bits per heavy atom. The lowest BCUT2D eigenvalue weighted by Gasteiger charge is -2.31. The number of rotatable bonds is 6.